The zero-order valence-electron chi connectivity index (χ0n) is 13.4. The molecule has 1 aliphatic rings. The number of aliphatic imine (C=N–C) groups is 1. The molecule has 0 radical (unpaired) electrons. The molecule has 0 aliphatic heterocycles. The van der Waals surface area contributed by atoms with E-state index in [-0.39, 0.29) is 0 Å². The van der Waals surface area contributed by atoms with Crippen molar-refractivity contribution in [3.8, 4) is 0 Å². The molecule has 0 fully saturated rings. The molecule has 0 heterocycles. The maximum atomic E-state index is 4.98. The van der Waals surface area contributed by atoms with Crippen LogP contribution in [-0.4, -0.2) is 5.71 Å². The summed E-state index contributed by atoms with van der Waals surface area (Å²) in [6, 6.07) is 19.2. The van der Waals surface area contributed by atoms with Crippen LogP contribution in [0.1, 0.15) is 37.0 Å². The number of aryl methyl sites for hydroxylation is 1. The maximum absolute atomic E-state index is 4.98. The SMILES string of the molecule is CC(C)/C=C1\CCc2ccccc2C1=NCc1ccccc1. The zero-order valence-corrected chi connectivity index (χ0v) is 13.4. The van der Waals surface area contributed by atoms with Crippen molar-refractivity contribution in [3.63, 3.8) is 0 Å². The van der Waals surface area contributed by atoms with Crippen LogP contribution in [0.4, 0.5) is 0 Å². The van der Waals surface area contributed by atoms with E-state index in [4.69, 9.17) is 4.99 Å². The second kappa shape index (κ2) is 6.74. The van der Waals surface area contributed by atoms with Crippen molar-refractivity contribution in [3.05, 3.63) is 82.9 Å². The first-order chi connectivity index (χ1) is 10.7. The normalized spacial score (nSPS) is 18.0. The summed E-state index contributed by atoms with van der Waals surface area (Å²) in [5.74, 6) is 0.558. The van der Waals surface area contributed by atoms with Crippen molar-refractivity contribution < 1.29 is 0 Å². The van der Waals surface area contributed by atoms with Crippen LogP contribution in [0.5, 0.6) is 0 Å². The molecule has 2 aromatic carbocycles. The van der Waals surface area contributed by atoms with Crippen molar-refractivity contribution in [2.24, 2.45) is 10.9 Å². The Morgan fingerprint density at radius 1 is 0.955 bits per heavy atom. The van der Waals surface area contributed by atoms with Gasteiger partial charge in [0.2, 0.25) is 0 Å². The molecule has 3 rings (SSSR count). The fraction of sp³-hybridized carbons (Fsp3) is 0.286. The fourth-order valence-corrected chi connectivity index (χ4v) is 3.04. The van der Waals surface area contributed by atoms with Gasteiger partial charge in [-0.3, -0.25) is 4.99 Å². The lowest BCUT2D eigenvalue weighted by Crippen LogP contribution is -2.16. The molecule has 2 aromatic rings. The Hall–Kier alpha value is -2.15. The van der Waals surface area contributed by atoms with Gasteiger partial charge in [-0.1, -0.05) is 74.5 Å². The molecular formula is C21H23N. The molecule has 0 atom stereocenters. The van der Waals surface area contributed by atoms with Crippen LogP contribution in [0.2, 0.25) is 0 Å². The Balaban J connectivity index is 1.99. The minimum atomic E-state index is 0.558. The smallest absolute Gasteiger partial charge is 0.0682 e. The lowest BCUT2D eigenvalue weighted by Gasteiger charge is -2.22. The van der Waals surface area contributed by atoms with Crippen LogP contribution in [0, 0.1) is 5.92 Å². The van der Waals surface area contributed by atoms with Crippen LogP contribution in [0.15, 0.2) is 71.2 Å². The highest BCUT2D eigenvalue weighted by Gasteiger charge is 2.19. The van der Waals surface area contributed by atoms with E-state index in [1.54, 1.807) is 0 Å². The first kappa shape index (κ1) is 14.8. The quantitative estimate of drug-likeness (QED) is 0.736. The van der Waals surface area contributed by atoms with Crippen molar-refractivity contribution in [1.82, 2.24) is 0 Å². The van der Waals surface area contributed by atoms with Crippen LogP contribution >= 0.6 is 0 Å². The van der Waals surface area contributed by atoms with Crippen molar-refractivity contribution in [2.45, 2.75) is 33.2 Å². The Bertz CT molecular complexity index is 693. The highest BCUT2D eigenvalue weighted by molar-refractivity contribution is 6.14. The summed E-state index contributed by atoms with van der Waals surface area (Å²) in [6.45, 7) is 5.23. The summed E-state index contributed by atoms with van der Waals surface area (Å²) in [7, 11) is 0. The number of fused-ring (bicyclic) bond motifs is 1. The van der Waals surface area contributed by atoms with Crippen molar-refractivity contribution in [2.75, 3.05) is 0 Å². The third-order valence-corrected chi connectivity index (χ3v) is 4.04. The zero-order chi connectivity index (χ0) is 15.4. The van der Waals surface area contributed by atoms with E-state index in [9.17, 15) is 0 Å². The highest BCUT2D eigenvalue weighted by atomic mass is 14.7. The number of allylic oxidation sites excluding steroid dienone is 2. The minimum absolute atomic E-state index is 0.558. The van der Waals surface area contributed by atoms with Crippen LogP contribution in [0.3, 0.4) is 0 Å². The summed E-state index contributed by atoms with van der Waals surface area (Å²) in [4.78, 5) is 4.98. The van der Waals surface area contributed by atoms with Gasteiger partial charge in [-0.2, -0.15) is 0 Å². The topological polar surface area (TPSA) is 12.4 Å². The predicted octanol–water partition coefficient (Wildman–Crippen LogP) is 5.20. The first-order valence-corrected chi connectivity index (χ1v) is 8.12. The van der Waals surface area contributed by atoms with Crippen LogP contribution < -0.4 is 0 Å². The number of nitrogens with zero attached hydrogens (tertiary/aromatic N) is 1. The summed E-state index contributed by atoms with van der Waals surface area (Å²) in [5, 5.41) is 0. The van der Waals surface area contributed by atoms with E-state index in [0.717, 1.165) is 19.4 Å². The van der Waals surface area contributed by atoms with Crippen LogP contribution in [-0.2, 0) is 13.0 Å². The summed E-state index contributed by atoms with van der Waals surface area (Å²) in [5.41, 5.74) is 6.61. The molecular weight excluding hydrogens is 266 g/mol. The largest absolute Gasteiger partial charge is 0.280 e. The minimum Gasteiger partial charge on any atom is -0.280 e. The Kier molecular flexibility index (Phi) is 4.53. The molecule has 0 aromatic heterocycles. The molecule has 0 N–H and O–H groups in total. The Morgan fingerprint density at radius 2 is 1.68 bits per heavy atom. The molecule has 1 aliphatic carbocycles. The van der Waals surface area contributed by atoms with Gasteiger partial charge >= 0.3 is 0 Å². The first-order valence-electron chi connectivity index (χ1n) is 8.12. The van der Waals surface area contributed by atoms with E-state index in [2.05, 4.69) is 74.5 Å². The molecule has 0 amide bonds. The summed E-state index contributed by atoms with van der Waals surface area (Å²) >= 11 is 0. The van der Waals surface area contributed by atoms with Crippen molar-refractivity contribution in [1.29, 1.82) is 0 Å². The van der Waals surface area contributed by atoms with Crippen molar-refractivity contribution >= 4 is 5.71 Å². The molecule has 22 heavy (non-hydrogen) atoms. The van der Waals surface area contributed by atoms with E-state index < -0.39 is 0 Å². The third kappa shape index (κ3) is 3.36. The fourth-order valence-electron chi connectivity index (χ4n) is 3.04. The molecule has 1 nitrogen and oxygen atoms in total. The Labute approximate surface area is 133 Å². The van der Waals surface area contributed by atoms with Gasteiger partial charge in [0, 0.05) is 5.56 Å². The standard InChI is InChI=1S/C21H23N/c1-16(2)14-19-13-12-18-10-6-7-11-20(18)21(19)22-15-17-8-4-3-5-9-17/h3-11,14,16H,12-13,15H2,1-2H3/b19-14+,22-21?. The van der Waals surface area contributed by atoms with Gasteiger partial charge in [0.1, 0.15) is 0 Å². The number of hydrogen-bond donors (Lipinski definition) is 0. The second-order valence-corrected chi connectivity index (χ2v) is 6.24. The van der Waals surface area contributed by atoms with Gasteiger partial charge in [0.15, 0.2) is 0 Å². The van der Waals surface area contributed by atoms with E-state index in [1.807, 2.05) is 0 Å². The van der Waals surface area contributed by atoms with Gasteiger partial charge < -0.3 is 0 Å². The molecule has 0 unspecified atom stereocenters. The predicted molar refractivity (Wildman–Crippen MR) is 94.4 cm³/mol. The average molecular weight is 289 g/mol. The number of hydrogen-bond acceptors (Lipinski definition) is 1. The van der Waals surface area contributed by atoms with Gasteiger partial charge in [-0.05, 0) is 35.5 Å². The molecule has 1 heteroatoms. The molecule has 0 saturated carbocycles. The molecule has 0 bridgehead atoms. The summed E-state index contributed by atoms with van der Waals surface area (Å²) < 4.78 is 0. The maximum Gasteiger partial charge on any atom is 0.0682 e. The number of rotatable bonds is 3. The van der Waals surface area contributed by atoms with E-state index in [1.165, 1.54) is 28.0 Å². The molecule has 112 valence electrons. The van der Waals surface area contributed by atoms with E-state index in [0.29, 0.717) is 5.92 Å². The van der Waals surface area contributed by atoms with Gasteiger partial charge in [0.25, 0.3) is 0 Å². The van der Waals surface area contributed by atoms with Gasteiger partial charge in [-0.15, -0.1) is 0 Å². The van der Waals surface area contributed by atoms with Crippen LogP contribution in [0.25, 0.3) is 0 Å². The average Bonchev–Trinajstić information content (AvgIpc) is 2.54. The number of benzene rings is 2. The second-order valence-electron chi connectivity index (χ2n) is 6.24. The third-order valence-electron chi connectivity index (χ3n) is 4.04. The molecule has 0 saturated heterocycles. The summed E-state index contributed by atoms with van der Waals surface area (Å²) in [6.07, 6.45) is 4.60. The van der Waals surface area contributed by atoms with Gasteiger partial charge in [0.05, 0.1) is 12.3 Å². The Morgan fingerprint density at radius 3 is 2.45 bits per heavy atom. The highest BCUT2D eigenvalue weighted by Crippen LogP contribution is 2.27. The lowest BCUT2D eigenvalue weighted by atomic mass is 9.85. The van der Waals surface area contributed by atoms with E-state index >= 15 is 0 Å². The lowest BCUT2D eigenvalue weighted by molar-refractivity contribution is 0.810. The monoisotopic (exact) mass is 289 g/mol. The van der Waals surface area contributed by atoms with Gasteiger partial charge in [-0.25, -0.2) is 0 Å². The molecule has 0 spiro atoms.